The number of rotatable bonds is 7. The fraction of sp³-hybridized carbons (Fsp3) is 0.179. The summed E-state index contributed by atoms with van der Waals surface area (Å²) in [6, 6.07) is 36.1. The van der Waals surface area contributed by atoms with Crippen LogP contribution in [0.2, 0.25) is 0 Å². The molecule has 0 unspecified atom stereocenters. The van der Waals surface area contributed by atoms with Crippen LogP contribution in [0.15, 0.2) is 97.2 Å². The van der Waals surface area contributed by atoms with E-state index in [9.17, 15) is 4.39 Å². The van der Waals surface area contributed by atoms with E-state index < -0.39 is 0 Å². The molecule has 7 aromatic rings. The van der Waals surface area contributed by atoms with Gasteiger partial charge in [-0.25, -0.2) is 9.37 Å². The van der Waals surface area contributed by atoms with Gasteiger partial charge in [0.1, 0.15) is 11.6 Å². The first-order valence-electron chi connectivity index (χ1n) is 15.2. The second-order valence-corrected chi connectivity index (χ2v) is 12.0. The van der Waals surface area contributed by atoms with Crippen molar-refractivity contribution in [3.8, 4) is 34.1 Å². The van der Waals surface area contributed by atoms with Crippen LogP contribution in [0.1, 0.15) is 44.1 Å². The number of aryl methyl sites for hydroxylation is 1. The van der Waals surface area contributed by atoms with Crippen molar-refractivity contribution in [2.24, 2.45) is 0 Å². The Morgan fingerprint density at radius 3 is 2.39 bits per heavy atom. The fourth-order valence-electron chi connectivity index (χ4n) is 6.00. The van der Waals surface area contributed by atoms with Crippen molar-refractivity contribution in [2.75, 3.05) is 0 Å². The molecule has 0 aliphatic heterocycles. The number of hydrogen-bond donors (Lipinski definition) is 0. The molecule has 0 amide bonds. The van der Waals surface area contributed by atoms with Crippen molar-refractivity contribution >= 4 is 21.8 Å². The maximum Gasteiger partial charge on any atom is 2.00 e. The molecule has 0 radical (unpaired) electrons. The van der Waals surface area contributed by atoms with Crippen molar-refractivity contribution in [1.29, 1.82) is 0 Å². The number of nitrogens with zero attached hydrogens (tertiary/aromatic N) is 4. The molecule has 7 heteroatoms. The predicted molar refractivity (Wildman–Crippen MR) is 178 cm³/mol. The molecule has 5 nitrogen and oxygen atoms in total. The van der Waals surface area contributed by atoms with Crippen LogP contribution in [0, 0.1) is 31.8 Å². The summed E-state index contributed by atoms with van der Waals surface area (Å²) in [5.74, 6) is 1.19. The zero-order valence-electron chi connectivity index (χ0n) is 26.3. The Hall–Kier alpha value is -4.54. The van der Waals surface area contributed by atoms with Gasteiger partial charge in [-0.3, -0.25) is 4.68 Å². The quantitative estimate of drug-likeness (QED) is 0.151. The van der Waals surface area contributed by atoms with E-state index in [1.807, 2.05) is 64.7 Å². The monoisotopic (exact) mass is 787 g/mol. The maximum absolute atomic E-state index is 14.4. The first kappa shape index (κ1) is 31.4. The van der Waals surface area contributed by atoms with Gasteiger partial charge in [0, 0.05) is 40.5 Å². The molecule has 4 aromatic carbocycles. The van der Waals surface area contributed by atoms with E-state index in [0.29, 0.717) is 17.3 Å². The van der Waals surface area contributed by atoms with Crippen LogP contribution in [-0.4, -0.2) is 19.3 Å². The Labute approximate surface area is 282 Å². The van der Waals surface area contributed by atoms with Gasteiger partial charge in [-0.05, 0) is 60.0 Å². The Balaban J connectivity index is 0.00000372. The van der Waals surface area contributed by atoms with Crippen LogP contribution in [-0.2, 0) is 26.5 Å². The average Bonchev–Trinajstić information content (AvgIpc) is 3.53. The molecule has 0 aliphatic rings. The molecule has 3 aromatic heterocycles. The third kappa shape index (κ3) is 5.56. The predicted octanol–water partition coefficient (Wildman–Crippen LogP) is 9.87. The maximum atomic E-state index is 14.4. The van der Waals surface area contributed by atoms with Gasteiger partial charge in [-0.15, -0.1) is 35.7 Å². The minimum atomic E-state index is -0.350. The summed E-state index contributed by atoms with van der Waals surface area (Å²) in [5.41, 5.74) is 7.94. The minimum Gasteiger partial charge on any atom is -0.509 e. The second kappa shape index (κ2) is 12.3. The van der Waals surface area contributed by atoms with E-state index >= 15 is 0 Å². The third-order valence-electron chi connectivity index (χ3n) is 8.81. The molecule has 7 rings (SSSR count). The number of benzene rings is 4. The molecule has 0 aliphatic carbocycles. The third-order valence-corrected chi connectivity index (χ3v) is 8.81. The minimum absolute atomic E-state index is 0. The van der Waals surface area contributed by atoms with Gasteiger partial charge in [0.05, 0.1) is 5.69 Å². The fourth-order valence-corrected chi connectivity index (χ4v) is 6.00. The molecule has 0 fully saturated rings. The van der Waals surface area contributed by atoms with Crippen LogP contribution in [0.3, 0.4) is 0 Å². The first-order valence-corrected chi connectivity index (χ1v) is 15.2. The van der Waals surface area contributed by atoms with E-state index in [0.717, 1.165) is 56.4 Å². The molecule has 0 bridgehead atoms. The Bertz CT molecular complexity index is 2200. The standard InChI is InChI=1S/C39H33FN4O.Pt/c1-6-39(4,5)28-15-18-35-34(21-28)33-17-16-32(24-36(33)43(35)37-22-29(40)19-20-41-37)45-31-14-10-13-30(23-31)44-26(3)38(25(2)42-44)27-11-8-7-9-12-27;/h7-22H,6H2,1-5H3;/q-2;+2. The summed E-state index contributed by atoms with van der Waals surface area (Å²) in [7, 11) is 0. The van der Waals surface area contributed by atoms with Crippen molar-refractivity contribution in [3.05, 3.63) is 132 Å². The SMILES string of the molecule is CCC(C)(C)c1ccc2c(c1)c1ccc(Oc3[c-]c(-n4nc(C)c(-c5ccccc5)c4C)ccc3)[c-]c1n2-c1cc(F)ccn1.[Pt+2]. The number of ether oxygens (including phenoxy) is 1. The molecule has 46 heavy (non-hydrogen) atoms. The average molecular weight is 788 g/mol. The summed E-state index contributed by atoms with van der Waals surface area (Å²) in [6.45, 7) is 10.8. The zero-order valence-corrected chi connectivity index (χ0v) is 28.6. The largest absolute Gasteiger partial charge is 2.00 e. The molecule has 3 heterocycles. The van der Waals surface area contributed by atoms with Gasteiger partial charge in [0.15, 0.2) is 0 Å². The van der Waals surface area contributed by atoms with Gasteiger partial charge in [0.25, 0.3) is 0 Å². The number of hydrogen-bond acceptors (Lipinski definition) is 3. The molecule has 232 valence electrons. The van der Waals surface area contributed by atoms with E-state index in [2.05, 4.69) is 75.1 Å². The summed E-state index contributed by atoms with van der Waals surface area (Å²) >= 11 is 0. The Morgan fingerprint density at radius 2 is 1.63 bits per heavy atom. The zero-order chi connectivity index (χ0) is 31.3. The van der Waals surface area contributed by atoms with Crippen molar-refractivity contribution < 1.29 is 30.2 Å². The van der Waals surface area contributed by atoms with Crippen LogP contribution in [0.5, 0.6) is 11.5 Å². The van der Waals surface area contributed by atoms with Crippen LogP contribution < -0.4 is 4.74 Å². The van der Waals surface area contributed by atoms with Gasteiger partial charge in [0.2, 0.25) is 0 Å². The number of aromatic nitrogens is 4. The molecule has 0 spiro atoms. The van der Waals surface area contributed by atoms with Crippen LogP contribution in [0.25, 0.3) is 44.4 Å². The number of halogens is 1. The van der Waals surface area contributed by atoms with Crippen molar-refractivity contribution in [1.82, 2.24) is 19.3 Å². The van der Waals surface area contributed by atoms with E-state index in [1.165, 1.54) is 23.9 Å². The molecule has 0 saturated heterocycles. The summed E-state index contributed by atoms with van der Waals surface area (Å²) in [4.78, 5) is 4.51. The topological polar surface area (TPSA) is 44.9 Å². The van der Waals surface area contributed by atoms with Gasteiger partial charge in [-0.1, -0.05) is 68.8 Å². The Kier molecular flexibility index (Phi) is 8.43. The molecule has 0 N–H and O–H groups in total. The number of fused-ring (bicyclic) bond motifs is 3. The summed E-state index contributed by atoms with van der Waals surface area (Å²) in [5, 5.41) is 6.89. The Morgan fingerprint density at radius 1 is 0.848 bits per heavy atom. The van der Waals surface area contributed by atoms with Gasteiger partial charge in [-0.2, -0.15) is 17.2 Å². The van der Waals surface area contributed by atoms with Crippen molar-refractivity contribution in [2.45, 2.75) is 46.5 Å². The van der Waals surface area contributed by atoms with Gasteiger partial charge < -0.3 is 9.30 Å². The van der Waals surface area contributed by atoms with E-state index in [-0.39, 0.29) is 32.3 Å². The first-order chi connectivity index (χ1) is 21.7. The normalized spacial score (nSPS) is 11.6. The van der Waals surface area contributed by atoms with Crippen LogP contribution >= 0.6 is 0 Å². The van der Waals surface area contributed by atoms with Crippen LogP contribution in [0.4, 0.5) is 4.39 Å². The number of pyridine rings is 1. The molecular formula is C39H33FN4OPt. The second-order valence-electron chi connectivity index (χ2n) is 12.0. The van der Waals surface area contributed by atoms with E-state index in [1.54, 1.807) is 0 Å². The van der Waals surface area contributed by atoms with E-state index in [4.69, 9.17) is 9.84 Å². The van der Waals surface area contributed by atoms with Gasteiger partial charge >= 0.3 is 21.1 Å². The molecule has 0 atom stereocenters. The summed E-state index contributed by atoms with van der Waals surface area (Å²) in [6.07, 6.45) is 2.49. The van der Waals surface area contributed by atoms with Crippen molar-refractivity contribution in [3.63, 3.8) is 0 Å². The molecular weight excluding hydrogens is 755 g/mol. The smallest absolute Gasteiger partial charge is 0.509 e. The summed E-state index contributed by atoms with van der Waals surface area (Å²) < 4.78 is 24.6. The molecule has 0 saturated carbocycles.